The molecule has 0 radical (unpaired) electrons. The molecular weight excluding hydrogens is 246 g/mol. The molecular formula is C13H25N3O3. The van der Waals surface area contributed by atoms with Crippen LogP contribution in [0.4, 0.5) is 4.79 Å². The van der Waals surface area contributed by atoms with Crippen molar-refractivity contribution in [3.63, 3.8) is 0 Å². The predicted octanol–water partition coefficient (Wildman–Crippen LogP) is 0.833. The van der Waals surface area contributed by atoms with Crippen LogP contribution in [0.25, 0.3) is 0 Å². The zero-order chi connectivity index (χ0) is 14.4. The lowest BCUT2D eigenvalue weighted by Gasteiger charge is -2.33. The van der Waals surface area contributed by atoms with E-state index in [1.54, 1.807) is 11.8 Å². The molecule has 0 aromatic heterocycles. The molecule has 1 aliphatic rings. The number of nitrogens with one attached hydrogen (secondary N) is 1. The van der Waals surface area contributed by atoms with Gasteiger partial charge in [0, 0.05) is 19.6 Å². The second-order valence-electron chi connectivity index (χ2n) is 5.44. The zero-order valence-corrected chi connectivity index (χ0v) is 12.1. The highest BCUT2D eigenvalue weighted by Gasteiger charge is 2.25. The van der Waals surface area contributed by atoms with Gasteiger partial charge in [-0.05, 0) is 39.3 Å². The van der Waals surface area contributed by atoms with Gasteiger partial charge < -0.3 is 20.2 Å². The minimum Gasteiger partial charge on any atom is -0.480 e. The van der Waals surface area contributed by atoms with E-state index in [0.29, 0.717) is 25.4 Å². The van der Waals surface area contributed by atoms with E-state index in [4.69, 9.17) is 5.11 Å². The van der Waals surface area contributed by atoms with Crippen molar-refractivity contribution in [2.75, 3.05) is 33.7 Å². The number of nitrogens with zero attached hydrogens (tertiary/aromatic N) is 2. The Kier molecular flexibility index (Phi) is 6.08. The molecule has 0 bridgehead atoms. The van der Waals surface area contributed by atoms with Gasteiger partial charge in [0.1, 0.15) is 6.04 Å². The van der Waals surface area contributed by atoms with Crippen LogP contribution in [0.3, 0.4) is 0 Å². The van der Waals surface area contributed by atoms with Gasteiger partial charge in [-0.2, -0.15) is 0 Å². The van der Waals surface area contributed by atoms with Crippen LogP contribution in [0.15, 0.2) is 0 Å². The molecule has 1 unspecified atom stereocenters. The van der Waals surface area contributed by atoms with Gasteiger partial charge in [0.25, 0.3) is 0 Å². The second-order valence-corrected chi connectivity index (χ2v) is 5.44. The van der Waals surface area contributed by atoms with Crippen molar-refractivity contribution in [1.82, 2.24) is 15.1 Å². The molecule has 1 saturated heterocycles. The lowest BCUT2D eigenvalue weighted by molar-refractivity contribution is -0.139. The standard InChI is InChI=1S/C13H25N3O3/c1-4-11(12(17)18)14-13(19)16-7-5-10(6-8-16)9-15(2)3/h10-11H,4-9H2,1-3H3,(H,14,19)(H,17,18). The van der Waals surface area contributed by atoms with Crippen molar-refractivity contribution >= 4 is 12.0 Å². The molecule has 110 valence electrons. The maximum Gasteiger partial charge on any atom is 0.326 e. The Labute approximate surface area is 114 Å². The first kappa shape index (κ1) is 15.8. The number of hydrogen-bond donors (Lipinski definition) is 2. The SMILES string of the molecule is CCC(NC(=O)N1CCC(CN(C)C)CC1)C(=O)O. The van der Waals surface area contributed by atoms with Crippen molar-refractivity contribution in [3.8, 4) is 0 Å². The first-order valence-electron chi connectivity index (χ1n) is 6.87. The van der Waals surface area contributed by atoms with Gasteiger partial charge in [0.15, 0.2) is 0 Å². The Bertz CT molecular complexity index is 312. The summed E-state index contributed by atoms with van der Waals surface area (Å²) in [4.78, 5) is 26.7. The quantitative estimate of drug-likeness (QED) is 0.777. The Morgan fingerprint density at radius 3 is 2.37 bits per heavy atom. The highest BCUT2D eigenvalue weighted by molar-refractivity contribution is 5.82. The van der Waals surface area contributed by atoms with Crippen molar-refractivity contribution in [2.45, 2.75) is 32.2 Å². The van der Waals surface area contributed by atoms with E-state index in [-0.39, 0.29) is 6.03 Å². The highest BCUT2D eigenvalue weighted by atomic mass is 16.4. The van der Waals surface area contributed by atoms with Crippen LogP contribution in [-0.2, 0) is 4.79 Å². The molecule has 1 atom stereocenters. The highest BCUT2D eigenvalue weighted by Crippen LogP contribution is 2.17. The summed E-state index contributed by atoms with van der Waals surface area (Å²) in [6.45, 7) is 4.21. The van der Waals surface area contributed by atoms with E-state index in [9.17, 15) is 9.59 Å². The number of carbonyl (C=O) groups excluding carboxylic acids is 1. The molecule has 1 aliphatic heterocycles. The van der Waals surface area contributed by atoms with Gasteiger partial charge in [-0.3, -0.25) is 0 Å². The first-order valence-corrected chi connectivity index (χ1v) is 6.87. The molecule has 0 saturated carbocycles. The molecule has 19 heavy (non-hydrogen) atoms. The van der Waals surface area contributed by atoms with Gasteiger partial charge in [-0.1, -0.05) is 6.92 Å². The Hall–Kier alpha value is -1.30. The molecule has 0 aromatic rings. The summed E-state index contributed by atoms with van der Waals surface area (Å²) in [6.07, 6.45) is 2.36. The van der Waals surface area contributed by atoms with Gasteiger partial charge in [-0.15, -0.1) is 0 Å². The fourth-order valence-corrected chi connectivity index (χ4v) is 2.41. The summed E-state index contributed by atoms with van der Waals surface area (Å²) in [5.74, 6) is -0.348. The number of carbonyl (C=O) groups is 2. The average molecular weight is 271 g/mol. The first-order chi connectivity index (χ1) is 8.93. The van der Waals surface area contributed by atoms with Gasteiger partial charge in [0.2, 0.25) is 0 Å². The van der Waals surface area contributed by atoms with E-state index in [2.05, 4.69) is 24.3 Å². The number of carboxylic acids is 1. The van der Waals surface area contributed by atoms with Gasteiger partial charge in [-0.25, -0.2) is 9.59 Å². The molecule has 0 spiro atoms. The third-order valence-electron chi connectivity index (χ3n) is 3.53. The molecule has 0 aromatic carbocycles. The van der Waals surface area contributed by atoms with Gasteiger partial charge >= 0.3 is 12.0 Å². The summed E-state index contributed by atoms with van der Waals surface area (Å²) < 4.78 is 0. The summed E-state index contributed by atoms with van der Waals surface area (Å²) in [6, 6.07) is -1.04. The van der Waals surface area contributed by atoms with Crippen LogP contribution in [0.1, 0.15) is 26.2 Å². The lowest BCUT2D eigenvalue weighted by Crippen LogP contribution is -2.50. The van der Waals surface area contributed by atoms with E-state index >= 15 is 0 Å². The lowest BCUT2D eigenvalue weighted by atomic mass is 9.96. The summed E-state index contributed by atoms with van der Waals surface area (Å²) in [7, 11) is 4.11. The Balaban J connectivity index is 2.38. The van der Waals surface area contributed by atoms with Crippen LogP contribution in [-0.4, -0.2) is 66.7 Å². The number of carboxylic acid groups (broad SMARTS) is 1. The Morgan fingerprint density at radius 2 is 1.95 bits per heavy atom. The van der Waals surface area contributed by atoms with Crippen LogP contribution < -0.4 is 5.32 Å². The fourth-order valence-electron chi connectivity index (χ4n) is 2.41. The molecule has 0 aliphatic carbocycles. The molecule has 1 heterocycles. The molecule has 6 heteroatoms. The average Bonchev–Trinajstić information content (AvgIpc) is 2.35. The van der Waals surface area contributed by atoms with Crippen LogP contribution in [0, 0.1) is 5.92 Å². The number of likely N-dealkylation sites (tertiary alicyclic amines) is 1. The van der Waals surface area contributed by atoms with Crippen LogP contribution in [0.5, 0.6) is 0 Å². The summed E-state index contributed by atoms with van der Waals surface area (Å²) in [5.41, 5.74) is 0. The maximum absolute atomic E-state index is 11.9. The minimum atomic E-state index is -0.974. The maximum atomic E-state index is 11.9. The normalized spacial score (nSPS) is 18.4. The smallest absolute Gasteiger partial charge is 0.326 e. The number of aliphatic carboxylic acids is 1. The molecule has 1 fully saturated rings. The van der Waals surface area contributed by atoms with E-state index in [0.717, 1.165) is 19.4 Å². The van der Waals surface area contributed by atoms with E-state index in [1.165, 1.54) is 0 Å². The number of amides is 2. The molecule has 2 N–H and O–H groups in total. The fraction of sp³-hybridized carbons (Fsp3) is 0.846. The summed E-state index contributed by atoms with van der Waals surface area (Å²) >= 11 is 0. The van der Waals surface area contributed by atoms with Crippen LogP contribution >= 0.6 is 0 Å². The summed E-state index contributed by atoms with van der Waals surface area (Å²) in [5, 5.41) is 11.5. The van der Waals surface area contributed by atoms with E-state index in [1.807, 2.05) is 0 Å². The van der Waals surface area contributed by atoms with Crippen LogP contribution in [0.2, 0.25) is 0 Å². The van der Waals surface area contributed by atoms with Crippen molar-refractivity contribution in [2.24, 2.45) is 5.92 Å². The number of rotatable bonds is 5. The number of hydrogen-bond acceptors (Lipinski definition) is 3. The van der Waals surface area contributed by atoms with Gasteiger partial charge in [0.05, 0.1) is 0 Å². The minimum absolute atomic E-state index is 0.252. The largest absolute Gasteiger partial charge is 0.480 e. The number of piperidine rings is 1. The van der Waals surface area contributed by atoms with Crippen molar-refractivity contribution in [3.05, 3.63) is 0 Å². The third-order valence-corrected chi connectivity index (χ3v) is 3.53. The van der Waals surface area contributed by atoms with E-state index < -0.39 is 12.0 Å². The van der Waals surface area contributed by atoms with Crippen molar-refractivity contribution < 1.29 is 14.7 Å². The predicted molar refractivity (Wildman–Crippen MR) is 73.1 cm³/mol. The molecule has 6 nitrogen and oxygen atoms in total. The Morgan fingerprint density at radius 1 is 1.37 bits per heavy atom. The molecule has 1 rings (SSSR count). The zero-order valence-electron chi connectivity index (χ0n) is 12.1. The third kappa shape index (κ3) is 5.06. The van der Waals surface area contributed by atoms with Crippen molar-refractivity contribution in [1.29, 1.82) is 0 Å². The molecule has 2 amide bonds. The topological polar surface area (TPSA) is 72.9 Å². The monoisotopic (exact) mass is 271 g/mol. The number of urea groups is 1. The second kappa shape index (κ2) is 7.33.